The van der Waals surface area contributed by atoms with E-state index in [1.165, 1.54) is 44.9 Å². The molecule has 4 fully saturated rings. The number of hydrogen-bond acceptors (Lipinski definition) is 1. The van der Waals surface area contributed by atoms with Gasteiger partial charge in [0.15, 0.2) is 0 Å². The summed E-state index contributed by atoms with van der Waals surface area (Å²) in [5.74, 6) is 7.10. The highest BCUT2D eigenvalue weighted by atomic mass is 16.3. The van der Waals surface area contributed by atoms with E-state index < -0.39 is 0 Å². The number of hydrogen-bond donors (Lipinski definition) is 1. The summed E-state index contributed by atoms with van der Waals surface area (Å²) in [5.41, 5.74) is 0. The Bertz CT molecular complexity index is 342. The summed E-state index contributed by atoms with van der Waals surface area (Å²) in [4.78, 5) is 0. The lowest BCUT2D eigenvalue weighted by molar-refractivity contribution is 0.00705. The van der Waals surface area contributed by atoms with Crippen LogP contribution >= 0.6 is 0 Å². The van der Waals surface area contributed by atoms with E-state index in [1.807, 2.05) is 0 Å². The smallest absolute Gasteiger partial charge is 0.0543 e. The van der Waals surface area contributed by atoms with Gasteiger partial charge in [0.25, 0.3) is 0 Å². The van der Waals surface area contributed by atoms with Crippen LogP contribution in [0.4, 0.5) is 0 Å². The standard InChI is InChI=1S/C21H36O/c1-14-2-3-16-11-17(5-4-15(16)10-14)18-6-7-20-13-21(22)9-8-19(20)12-18/h14-22H,2-13H2,1H3. The number of rotatable bonds is 1. The molecule has 0 heterocycles. The van der Waals surface area contributed by atoms with Crippen molar-refractivity contribution in [1.29, 1.82) is 0 Å². The van der Waals surface area contributed by atoms with Crippen molar-refractivity contribution >= 4 is 0 Å². The zero-order chi connectivity index (χ0) is 15.1. The van der Waals surface area contributed by atoms with Gasteiger partial charge < -0.3 is 5.11 Å². The predicted octanol–water partition coefficient (Wildman–Crippen LogP) is 5.42. The highest BCUT2D eigenvalue weighted by molar-refractivity contribution is 4.92. The van der Waals surface area contributed by atoms with E-state index in [2.05, 4.69) is 6.92 Å². The third-order valence-electron chi connectivity index (χ3n) is 8.21. The van der Waals surface area contributed by atoms with Gasteiger partial charge in [-0.3, -0.25) is 0 Å². The summed E-state index contributed by atoms with van der Waals surface area (Å²) in [5, 5.41) is 9.91. The maximum Gasteiger partial charge on any atom is 0.0543 e. The lowest BCUT2D eigenvalue weighted by atomic mass is 9.58. The Kier molecular flexibility index (Phi) is 4.55. The first-order valence-corrected chi connectivity index (χ1v) is 10.4. The minimum Gasteiger partial charge on any atom is -0.393 e. The molecule has 0 amide bonds. The van der Waals surface area contributed by atoms with Crippen molar-refractivity contribution in [2.24, 2.45) is 41.4 Å². The zero-order valence-electron chi connectivity index (χ0n) is 14.6. The van der Waals surface area contributed by atoms with E-state index in [4.69, 9.17) is 0 Å². The minimum absolute atomic E-state index is 0.0254. The number of fused-ring (bicyclic) bond motifs is 2. The Balaban J connectivity index is 1.34. The Labute approximate surface area is 137 Å². The lowest BCUT2D eigenvalue weighted by Gasteiger charge is -2.47. The van der Waals surface area contributed by atoms with E-state index in [0.717, 1.165) is 54.3 Å². The minimum atomic E-state index is 0.0254. The summed E-state index contributed by atoms with van der Waals surface area (Å²) < 4.78 is 0. The number of aliphatic hydroxyl groups excluding tert-OH is 1. The van der Waals surface area contributed by atoms with Gasteiger partial charge in [0.05, 0.1) is 6.10 Å². The molecule has 22 heavy (non-hydrogen) atoms. The van der Waals surface area contributed by atoms with Gasteiger partial charge in [0, 0.05) is 0 Å². The lowest BCUT2D eigenvalue weighted by Crippen LogP contribution is -2.38. The largest absolute Gasteiger partial charge is 0.393 e. The van der Waals surface area contributed by atoms with Crippen molar-refractivity contribution in [3.63, 3.8) is 0 Å². The van der Waals surface area contributed by atoms with Crippen LogP contribution in [0.15, 0.2) is 0 Å². The molecule has 4 aliphatic carbocycles. The van der Waals surface area contributed by atoms with Crippen molar-refractivity contribution in [3.8, 4) is 0 Å². The highest BCUT2D eigenvalue weighted by Crippen LogP contribution is 2.51. The summed E-state index contributed by atoms with van der Waals surface area (Å²) in [6, 6.07) is 0. The first kappa shape index (κ1) is 15.5. The summed E-state index contributed by atoms with van der Waals surface area (Å²) >= 11 is 0. The summed E-state index contributed by atoms with van der Waals surface area (Å²) in [6.45, 7) is 2.47. The van der Waals surface area contributed by atoms with Crippen molar-refractivity contribution in [2.45, 2.75) is 90.1 Å². The molecule has 0 spiro atoms. The molecule has 4 rings (SSSR count). The predicted molar refractivity (Wildman–Crippen MR) is 91.5 cm³/mol. The molecule has 126 valence electrons. The molecule has 4 saturated carbocycles. The molecule has 0 aromatic heterocycles. The van der Waals surface area contributed by atoms with Gasteiger partial charge in [-0.25, -0.2) is 0 Å². The maximum absolute atomic E-state index is 9.91. The molecule has 0 aliphatic heterocycles. The van der Waals surface area contributed by atoms with Gasteiger partial charge in [-0.1, -0.05) is 13.3 Å². The molecule has 0 aromatic rings. The molecule has 1 nitrogen and oxygen atoms in total. The van der Waals surface area contributed by atoms with E-state index in [0.29, 0.717) is 0 Å². The molecule has 0 aromatic carbocycles. The molecule has 4 aliphatic rings. The van der Waals surface area contributed by atoms with E-state index in [1.54, 1.807) is 19.3 Å². The highest BCUT2D eigenvalue weighted by Gasteiger charge is 2.41. The number of aliphatic hydroxyl groups is 1. The third-order valence-corrected chi connectivity index (χ3v) is 8.21. The Hall–Kier alpha value is -0.0400. The van der Waals surface area contributed by atoms with Crippen LogP contribution in [0, 0.1) is 41.4 Å². The summed E-state index contributed by atoms with van der Waals surface area (Å²) in [7, 11) is 0. The van der Waals surface area contributed by atoms with Crippen LogP contribution in [-0.2, 0) is 0 Å². The van der Waals surface area contributed by atoms with Crippen LogP contribution in [-0.4, -0.2) is 11.2 Å². The average molecular weight is 305 g/mol. The molecule has 1 N–H and O–H groups in total. The molecular formula is C21H36O. The van der Waals surface area contributed by atoms with Crippen LogP contribution in [0.2, 0.25) is 0 Å². The van der Waals surface area contributed by atoms with Crippen molar-refractivity contribution in [3.05, 3.63) is 0 Å². The van der Waals surface area contributed by atoms with Crippen LogP contribution < -0.4 is 0 Å². The molecule has 0 radical (unpaired) electrons. The van der Waals surface area contributed by atoms with Crippen LogP contribution in [0.5, 0.6) is 0 Å². The third kappa shape index (κ3) is 3.12. The molecule has 8 atom stereocenters. The second-order valence-electron chi connectivity index (χ2n) is 9.57. The van der Waals surface area contributed by atoms with Crippen molar-refractivity contribution in [2.75, 3.05) is 0 Å². The van der Waals surface area contributed by atoms with Gasteiger partial charge in [0.2, 0.25) is 0 Å². The van der Waals surface area contributed by atoms with E-state index in [-0.39, 0.29) is 6.10 Å². The van der Waals surface area contributed by atoms with E-state index in [9.17, 15) is 5.11 Å². The first-order chi connectivity index (χ1) is 10.7. The fourth-order valence-corrected chi connectivity index (χ4v) is 6.92. The second kappa shape index (κ2) is 6.46. The van der Waals surface area contributed by atoms with Gasteiger partial charge in [-0.05, 0) is 112 Å². The fraction of sp³-hybridized carbons (Fsp3) is 1.00. The Morgan fingerprint density at radius 1 is 0.500 bits per heavy atom. The van der Waals surface area contributed by atoms with Gasteiger partial charge >= 0.3 is 0 Å². The van der Waals surface area contributed by atoms with E-state index >= 15 is 0 Å². The molecule has 0 saturated heterocycles. The topological polar surface area (TPSA) is 20.2 Å². The van der Waals surface area contributed by atoms with Crippen LogP contribution in [0.25, 0.3) is 0 Å². The van der Waals surface area contributed by atoms with Crippen LogP contribution in [0.3, 0.4) is 0 Å². The normalized spacial score (nSPS) is 52.6. The monoisotopic (exact) mass is 304 g/mol. The molecule has 8 unspecified atom stereocenters. The SMILES string of the molecule is CC1CCC2CC(C3CCC4CC(O)CCC4C3)CCC2C1. The quantitative estimate of drug-likeness (QED) is 0.686. The Morgan fingerprint density at radius 2 is 0.909 bits per heavy atom. The first-order valence-electron chi connectivity index (χ1n) is 10.4. The van der Waals surface area contributed by atoms with Crippen molar-refractivity contribution < 1.29 is 5.11 Å². The fourth-order valence-electron chi connectivity index (χ4n) is 6.92. The van der Waals surface area contributed by atoms with Gasteiger partial charge in [-0.15, -0.1) is 0 Å². The van der Waals surface area contributed by atoms with Gasteiger partial charge in [-0.2, -0.15) is 0 Å². The molecule has 1 heteroatoms. The average Bonchev–Trinajstić information content (AvgIpc) is 2.54. The van der Waals surface area contributed by atoms with Crippen LogP contribution in [0.1, 0.15) is 84.0 Å². The Morgan fingerprint density at radius 3 is 1.50 bits per heavy atom. The zero-order valence-corrected chi connectivity index (χ0v) is 14.6. The second-order valence-corrected chi connectivity index (χ2v) is 9.57. The molecule has 0 bridgehead atoms. The molecular weight excluding hydrogens is 268 g/mol. The summed E-state index contributed by atoms with van der Waals surface area (Å²) in [6.07, 6.45) is 17.2. The van der Waals surface area contributed by atoms with Gasteiger partial charge in [0.1, 0.15) is 0 Å². The van der Waals surface area contributed by atoms with Crippen molar-refractivity contribution in [1.82, 2.24) is 0 Å². The maximum atomic E-state index is 9.91.